The largest absolute Gasteiger partial charge is 0.481 e. The molecule has 1 N–H and O–H groups in total. The molecule has 1 aromatic carbocycles. The van der Waals surface area contributed by atoms with Crippen LogP contribution in [0.5, 0.6) is 0 Å². The first kappa shape index (κ1) is 16.1. The van der Waals surface area contributed by atoms with Crippen LogP contribution in [-0.2, 0) is 9.59 Å². The van der Waals surface area contributed by atoms with Crippen LogP contribution < -0.4 is 0 Å². The molecule has 2 unspecified atom stereocenters. The van der Waals surface area contributed by atoms with E-state index >= 15 is 0 Å². The van der Waals surface area contributed by atoms with Crippen LogP contribution in [-0.4, -0.2) is 27.4 Å². The molecule has 0 bridgehead atoms. The molecule has 21 heavy (non-hydrogen) atoms. The first-order valence-electron chi connectivity index (χ1n) is 6.63. The summed E-state index contributed by atoms with van der Waals surface area (Å²) in [5.41, 5.74) is 0.0785. The normalized spacial score (nSPS) is 22.7. The molecule has 6 heteroatoms. The van der Waals surface area contributed by atoms with Crippen molar-refractivity contribution in [2.24, 2.45) is 5.92 Å². The molecular weight excluding hydrogens is 313 g/mol. The van der Waals surface area contributed by atoms with Gasteiger partial charge in [-0.25, -0.2) is 0 Å². The fourth-order valence-electron chi connectivity index (χ4n) is 2.84. The molecule has 0 saturated carbocycles. The van der Waals surface area contributed by atoms with Crippen LogP contribution in [0.1, 0.15) is 38.8 Å². The van der Waals surface area contributed by atoms with Crippen molar-refractivity contribution in [2.45, 2.75) is 38.8 Å². The molecule has 1 amide bonds. The summed E-state index contributed by atoms with van der Waals surface area (Å²) in [6.45, 7) is 5.63. The highest BCUT2D eigenvalue weighted by atomic mass is 35.5. The van der Waals surface area contributed by atoms with E-state index in [0.29, 0.717) is 15.6 Å². The van der Waals surface area contributed by atoms with E-state index in [4.69, 9.17) is 23.2 Å². The summed E-state index contributed by atoms with van der Waals surface area (Å²) in [6, 6.07) is 4.30. The van der Waals surface area contributed by atoms with Crippen molar-refractivity contribution in [3.05, 3.63) is 33.8 Å². The Morgan fingerprint density at radius 2 is 1.95 bits per heavy atom. The zero-order valence-electron chi connectivity index (χ0n) is 12.1. The van der Waals surface area contributed by atoms with Gasteiger partial charge in [0.25, 0.3) is 0 Å². The van der Waals surface area contributed by atoms with Crippen LogP contribution in [0.25, 0.3) is 0 Å². The number of halogens is 2. The summed E-state index contributed by atoms with van der Waals surface area (Å²) < 4.78 is 0. The zero-order valence-corrected chi connectivity index (χ0v) is 13.6. The van der Waals surface area contributed by atoms with Gasteiger partial charge in [-0.1, -0.05) is 23.2 Å². The van der Waals surface area contributed by atoms with Crippen LogP contribution in [0.2, 0.25) is 10.0 Å². The predicted octanol–water partition coefficient (Wildman–Crippen LogP) is 3.77. The molecule has 4 nitrogen and oxygen atoms in total. The molecule has 1 aliphatic rings. The van der Waals surface area contributed by atoms with Gasteiger partial charge >= 0.3 is 5.97 Å². The third kappa shape index (κ3) is 3.01. The van der Waals surface area contributed by atoms with E-state index in [1.54, 1.807) is 23.1 Å². The lowest BCUT2D eigenvalue weighted by Gasteiger charge is -2.38. The van der Waals surface area contributed by atoms with Gasteiger partial charge in [0, 0.05) is 22.0 Å². The average Bonchev–Trinajstić information content (AvgIpc) is 2.69. The Morgan fingerprint density at radius 3 is 2.48 bits per heavy atom. The summed E-state index contributed by atoms with van der Waals surface area (Å²) in [4.78, 5) is 25.4. The van der Waals surface area contributed by atoms with E-state index < -0.39 is 23.5 Å². The summed E-state index contributed by atoms with van der Waals surface area (Å²) >= 11 is 12.2. The van der Waals surface area contributed by atoms with Crippen molar-refractivity contribution >= 4 is 35.1 Å². The van der Waals surface area contributed by atoms with Gasteiger partial charge < -0.3 is 10.0 Å². The summed E-state index contributed by atoms with van der Waals surface area (Å²) in [7, 11) is 0. The second-order valence-corrected chi connectivity index (χ2v) is 7.04. The maximum absolute atomic E-state index is 12.3. The van der Waals surface area contributed by atoms with Gasteiger partial charge in [0.2, 0.25) is 5.91 Å². The van der Waals surface area contributed by atoms with Gasteiger partial charge in [-0.05, 0) is 44.5 Å². The molecule has 114 valence electrons. The van der Waals surface area contributed by atoms with Crippen molar-refractivity contribution in [2.75, 3.05) is 0 Å². The van der Waals surface area contributed by atoms with Crippen molar-refractivity contribution in [3.63, 3.8) is 0 Å². The molecule has 1 aliphatic heterocycles. The highest BCUT2D eigenvalue weighted by Gasteiger charge is 2.49. The molecule has 0 aliphatic carbocycles. The molecule has 1 aromatic rings. The lowest BCUT2D eigenvalue weighted by molar-refractivity contribution is -0.142. The van der Waals surface area contributed by atoms with Crippen LogP contribution in [0, 0.1) is 5.92 Å². The number of aliphatic carboxylic acids is 1. The highest BCUT2D eigenvalue weighted by Crippen LogP contribution is 2.45. The van der Waals surface area contributed by atoms with Crippen molar-refractivity contribution in [1.29, 1.82) is 0 Å². The minimum absolute atomic E-state index is 0.0277. The average molecular weight is 330 g/mol. The van der Waals surface area contributed by atoms with Gasteiger partial charge in [-0.3, -0.25) is 9.59 Å². The number of hydrogen-bond acceptors (Lipinski definition) is 2. The smallest absolute Gasteiger partial charge is 0.309 e. The fourth-order valence-corrected chi connectivity index (χ4v) is 3.25. The van der Waals surface area contributed by atoms with Gasteiger partial charge in [0.15, 0.2) is 0 Å². The maximum Gasteiger partial charge on any atom is 0.309 e. The SMILES string of the molecule is CC(C)(C)N1C(=O)CC(C(=O)O)C1c1cc(Cl)ccc1Cl. The van der Waals surface area contributed by atoms with Crippen molar-refractivity contribution in [3.8, 4) is 0 Å². The minimum atomic E-state index is -1.00. The molecule has 1 fully saturated rings. The van der Waals surface area contributed by atoms with E-state index in [-0.39, 0.29) is 12.3 Å². The Hall–Kier alpha value is -1.26. The van der Waals surface area contributed by atoms with E-state index in [1.807, 2.05) is 20.8 Å². The van der Waals surface area contributed by atoms with Crippen molar-refractivity contribution < 1.29 is 14.7 Å². The van der Waals surface area contributed by atoms with Gasteiger partial charge in [-0.2, -0.15) is 0 Å². The highest BCUT2D eigenvalue weighted by molar-refractivity contribution is 6.33. The number of carbonyl (C=O) groups is 2. The van der Waals surface area contributed by atoms with E-state index in [1.165, 1.54) is 0 Å². The summed E-state index contributed by atoms with van der Waals surface area (Å²) in [6.07, 6.45) is -0.0277. The van der Waals surface area contributed by atoms with E-state index in [9.17, 15) is 14.7 Å². The molecule has 2 rings (SSSR count). The third-order valence-electron chi connectivity index (χ3n) is 3.64. The Kier molecular flexibility index (Phi) is 4.22. The van der Waals surface area contributed by atoms with Crippen LogP contribution >= 0.6 is 23.2 Å². The second-order valence-electron chi connectivity index (χ2n) is 6.19. The predicted molar refractivity (Wildman–Crippen MR) is 81.5 cm³/mol. The number of carbonyl (C=O) groups excluding carboxylic acids is 1. The molecule has 0 spiro atoms. The second kappa shape index (κ2) is 5.50. The lowest BCUT2D eigenvalue weighted by Crippen LogP contribution is -2.44. The van der Waals surface area contributed by atoms with Gasteiger partial charge in [0.1, 0.15) is 0 Å². The minimum Gasteiger partial charge on any atom is -0.481 e. The van der Waals surface area contributed by atoms with E-state index in [0.717, 1.165) is 0 Å². The number of carboxylic acid groups (broad SMARTS) is 1. The van der Waals surface area contributed by atoms with Crippen LogP contribution in [0.15, 0.2) is 18.2 Å². The monoisotopic (exact) mass is 329 g/mol. The number of hydrogen-bond donors (Lipinski definition) is 1. The third-order valence-corrected chi connectivity index (χ3v) is 4.22. The molecule has 1 heterocycles. The molecule has 2 atom stereocenters. The van der Waals surface area contributed by atoms with E-state index in [2.05, 4.69) is 0 Å². The number of likely N-dealkylation sites (tertiary alicyclic amines) is 1. The zero-order chi connectivity index (χ0) is 15.9. The van der Waals surface area contributed by atoms with Crippen LogP contribution in [0.4, 0.5) is 0 Å². The maximum atomic E-state index is 12.3. The first-order chi connectivity index (χ1) is 9.62. The Morgan fingerprint density at radius 1 is 1.33 bits per heavy atom. The first-order valence-corrected chi connectivity index (χ1v) is 7.38. The van der Waals surface area contributed by atoms with Crippen molar-refractivity contribution in [1.82, 2.24) is 4.90 Å². The Labute approximate surface area is 133 Å². The summed E-state index contributed by atoms with van der Waals surface area (Å²) in [5.74, 6) is -2.01. The molecule has 1 saturated heterocycles. The van der Waals surface area contributed by atoms with Crippen LogP contribution in [0.3, 0.4) is 0 Å². The number of rotatable bonds is 2. The Balaban J connectivity index is 2.60. The number of benzene rings is 1. The van der Waals surface area contributed by atoms with Gasteiger partial charge in [-0.15, -0.1) is 0 Å². The number of carboxylic acids is 1. The molecule has 0 aromatic heterocycles. The summed E-state index contributed by atoms with van der Waals surface area (Å²) in [5, 5.41) is 10.3. The topological polar surface area (TPSA) is 57.6 Å². The van der Waals surface area contributed by atoms with Gasteiger partial charge in [0.05, 0.1) is 12.0 Å². The number of amides is 1. The standard InChI is InChI=1S/C15H17Cl2NO3/c1-15(2,3)18-12(19)7-10(14(20)21)13(18)9-6-8(16)4-5-11(9)17/h4-6,10,13H,7H2,1-3H3,(H,20,21). The number of nitrogens with zero attached hydrogens (tertiary/aromatic N) is 1. The lowest BCUT2D eigenvalue weighted by atomic mass is 9.91. The molecular formula is C15H17Cl2NO3. The molecule has 0 radical (unpaired) electrons. The fraction of sp³-hybridized carbons (Fsp3) is 0.467. The Bertz CT molecular complexity index is 595. The quantitative estimate of drug-likeness (QED) is 0.898.